The van der Waals surface area contributed by atoms with Gasteiger partial charge in [0.2, 0.25) is 0 Å². The molecule has 1 aromatic carbocycles. The van der Waals surface area contributed by atoms with Gasteiger partial charge in [-0.2, -0.15) is 13.7 Å². The first-order chi connectivity index (χ1) is 9.98. The van der Waals surface area contributed by atoms with E-state index >= 15 is 0 Å². The van der Waals surface area contributed by atoms with Crippen molar-refractivity contribution >= 4 is 10.2 Å². The van der Waals surface area contributed by atoms with Crippen LogP contribution in [0.3, 0.4) is 0 Å². The molecule has 0 aromatic heterocycles. The summed E-state index contributed by atoms with van der Waals surface area (Å²) in [5, 5.41) is 14.1. The summed E-state index contributed by atoms with van der Waals surface area (Å²) < 4.78 is 24.3. The fourth-order valence-electron chi connectivity index (χ4n) is 2.70. The van der Waals surface area contributed by atoms with Crippen LogP contribution in [0.15, 0.2) is 24.3 Å². The van der Waals surface area contributed by atoms with E-state index in [1.165, 1.54) is 0 Å². The number of nitrogens with one attached hydrogen (secondary N) is 1. The summed E-state index contributed by atoms with van der Waals surface area (Å²) in [6.07, 6.45) is 2.00. The Bertz CT molecular complexity index is 624. The third-order valence-electron chi connectivity index (χ3n) is 3.71. The largest absolute Gasteiger partial charge is 0.299 e. The van der Waals surface area contributed by atoms with Crippen LogP contribution in [0.25, 0.3) is 0 Å². The summed E-state index contributed by atoms with van der Waals surface area (Å²) >= 11 is 0. The fourth-order valence-corrected chi connectivity index (χ4v) is 3.17. The molecule has 0 aliphatic carbocycles. The highest BCUT2D eigenvalue weighted by atomic mass is 32.2. The summed E-state index contributed by atoms with van der Waals surface area (Å²) in [5.74, 6) is 0.256. The number of benzene rings is 1. The van der Waals surface area contributed by atoms with Gasteiger partial charge in [0.1, 0.15) is 0 Å². The van der Waals surface area contributed by atoms with E-state index in [1.807, 2.05) is 24.3 Å². The molecule has 2 rings (SSSR count). The Morgan fingerprint density at radius 3 is 2.90 bits per heavy atom. The molecular formula is C14H20N4O2S. The molecule has 114 valence electrons. The molecule has 1 heterocycles. The Kier molecular flexibility index (Phi) is 5.31. The van der Waals surface area contributed by atoms with Crippen molar-refractivity contribution in [2.75, 3.05) is 19.6 Å². The molecule has 1 fully saturated rings. The quantitative estimate of drug-likeness (QED) is 0.830. The standard InChI is InChI=1S/C14H20N4O2S/c15-8-13-5-1-2-6-14(13)11-18-7-3-4-12(10-18)9-17-21(16,19)20/h1-2,5-6,12,17H,3-4,7,9-11H2,(H2,16,19,20). The highest BCUT2D eigenvalue weighted by Gasteiger charge is 2.21. The van der Waals surface area contributed by atoms with E-state index in [4.69, 9.17) is 10.4 Å². The minimum absolute atomic E-state index is 0.256. The Hall–Kier alpha value is -1.46. The van der Waals surface area contributed by atoms with Crippen LogP contribution in [-0.2, 0) is 16.8 Å². The molecule has 1 atom stereocenters. The van der Waals surface area contributed by atoms with Crippen LogP contribution in [-0.4, -0.2) is 33.0 Å². The van der Waals surface area contributed by atoms with Crippen molar-refractivity contribution in [3.8, 4) is 6.07 Å². The highest BCUT2D eigenvalue weighted by Crippen LogP contribution is 2.19. The minimum Gasteiger partial charge on any atom is -0.299 e. The van der Waals surface area contributed by atoms with E-state index in [1.54, 1.807) is 0 Å². The molecule has 0 radical (unpaired) electrons. The lowest BCUT2D eigenvalue weighted by Gasteiger charge is -2.32. The number of rotatable bonds is 5. The van der Waals surface area contributed by atoms with E-state index in [-0.39, 0.29) is 5.92 Å². The maximum atomic E-state index is 10.9. The molecule has 3 N–H and O–H groups in total. The van der Waals surface area contributed by atoms with Gasteiger partial charge in [-0.3, -0.25) is 4.90 Å². The summed E-state index contributed by atoms with van der Waals surface area (Å²) in [6, 6.07) is 9.78. The molecule has 6 nitrogen and oxygen atoms in total. The highest BCUT2D eigenvalue weighted by molar-refractivity contribution is 7.87. The number of hydrogen-bond acceptors (Lipinski definition) is 4. The van der Waals surface area contributed by atoms with E-state index in [0.717, 1.165) is 38.0 Å². The maximum Gasteiger partial charge on any atom is 0.274 e. The lowest BCUT2D eigenvalue weighted by atomic mass is 9.97. The average Bonchev–Trinajstić information content (AvgIpc) is 2.45. The molecule has 7 heteroatoms. The van der Waals surface area contributed by atoms with Gasteiger partial charge in [-0.15, -0.1) is 0 Å². The molecule has 0 saturated carbocycles. The Balaban J connectivity index is 1.94. The first-order valence-electron chi connectivity index (χ1n) is 6.95. The van der Waals surface area contributed by atoms with Crippen molar-refractivity contribution in [2.45, 2.75) is 19.4 Å². The minimum atomic E-state index is -3.62. The van der Waals surface area contributed by atoms with Crippen LogP contribution in [0.4, 0.5) is 0 Å². The smallest absolute Gasteiger partial charge is 0.274 e. The predicted molar refractivity (Wildman–Crippen MR) is 80.3 cm³/mol. The van der Waals surface area contributed by atoms with E-state index in [2.05, 4.69) is 15.7 Å². The molecule has 1 unspecified atom stereocenters. The summed E-state index contributed by atoms with van der Waals surface area (Å²) in [5.41, 5.74) is 1.71. The van der Waals surface area contributed by atoms with Crippen LogP contribution in [0.5, 0.6) is 0 Å². The number of hydrogen-bond donors (Lipinski definition) is 2. The van der Waals surface area contributed by atoms with Gasteiger partial charge in [-0.05, 0) is 36.9 Å². The second kappa shape index (κ2) is 7.00. The number of piperidine rings is 1. The van der Waals surface area contributed by atoms with Crippen molar-refractivity contribution in [3.05, 3.63) is 35.4 Å². The zero-order valence-corrected chi connectivity index (χ0v) is 12.6. The van der Waals surface area contributed by atoms with Crippen molar-refractivity contribution in [2.24, 2.45) is 11.1 Å². The van der Waals surface area contributed by atoms with Crippen molar-refractivity contribution in [1.29, 1.82) is 5.26 Å². The third kappa shape index (κ3) is 5.10. The summed E-state index contributed by atoms with van der Waals surface area (Å²) in [7, 11) is -3.62. The monoisotopic (exact) mass is 308 g/mol. The lowest BCUT2D eigenvalue weighted by molar-refractivity contribution is 0.169. The summed E-state index contributed by atoms with van der Waals surface area (Å²) in [6.45, 7) is 2.86. The van der Waals surface area contributed by atoms with Gasteiger partial charge in [-0.1, -0.05) is 18.2 Å². The zero-order valence-electron chi connectivity index (χ0n) is 11.8. The SMILES string of the molecule is N#Cc1ccccc1CN1CCCC(CNS(N)(=O)=O)C1. The van der Waals surface area contributed by atoms with E-state index in [9.17, 15) is 8.42 Å². The number of nitrogens with two attached hydrogens (primary N) is 1. The Morgan fingerprint density at radius 1 is 1.43 bits per heavy atom. The number of nitrogens with zero attached hydrogens (tertiary/aromatic N) is 2. The topological polar surface area (TPSA) is 99.2 Å². The number of nitriles is 1. The van der Waals surface area contributed by atoms with Crippen molar-refractivity contribution in [3.63, 3.8) is 0 Å². The first kappa shape index (κ1) is 15.9. The molecule has 0 amide bonds. The molecule has 21 heavy (non-hydrogen) atoms. The molecule has 1 aliphatic heterocycles. The molecular weight excluding hydrogens is 288 g/mol. The molecule has 0 bridgehead atoms. The van der Waals surface area contributed by atoms with Crippen molar-refractivity contribution in [1.82, 2.24) is 9.62 Å². The van der Waals surface area contributed by atoms with Crippen LogP contribution in [0.2, 0.25) is 0 Å². The third-order valence-corrected chi connectivity index (χ3v) is 4.28. The lowest BCUT2D eigenvalue weighted by Crippen LogP contribution is -2.42. The molecule has 1 aromatic rings. The van der Waals surface area contributed by atoms with Gasteiger partial charge in [0, 0.05) is 19.6 Å². The second-order valence-corrected chi connectivity index (χ2v) is 6.78. The number of likely N-dealkylation sites (tertiary alicyclic amines) is 1. The predicted octanol–water partition coefficient (Wildman–Crippen LogP) is 0.563. The fraction of sp³-hybridized carbons (Fsp3) is 0.500. The molecule has 1 saturated heterocycles. The Labute approximate surface area is 125 Å². The Morgan fingerprint density at radius 2 is 2.19 bits per heavy atom. The van der Waals surface area contributed by atoms with Gasteiger partial charge in [0.25, 0.3) is 10.2 Å². The van der Waals surface area contributed by atoms with Gasteiger partial charge in [0.15, 0.2) is 0 Å². The van der Waals surface area contributed by atoms with Crippen LogP contribution < -0.4 is 9.86 Å². The molecule has 1 aliphatic rings. The summed E-state index contributed by atoms with van der Waals surface area (Å²) in [4.78, 5) is 2.26. The first-order valence-corrected chi connectivity index (χ1v) is 8.50. The van der Waals surface area contributed by atoms with E-state index < -0.39 is 10.2 Å². The van der Waals surface area contributed by atoms with Gasteiger partial charge in [0.05, 0.1) is 11.6 Å². The van der Waals surface area contributed by atoms with Crippen LogP contribution >= 0.6 is 0 Å². The van der Waals surface area contributed by atoms with E-state index in [0.29, 0.717) is 12.1 Å². The average molecular weight is 308 g/mol. The second-order valence-electron chi connectivity index (χ2n) is 5.41. The van der Waals surface area contributed by atoms with Crippen LogP contribution in [0.1, 0.15) is 24.0 Å². The van der Waals surface area contributed by atoms with Crippen LogP contribution in [0, 0.1) is 17.2 Å². The molecule has 0 spiro atoms. The normalized spacial score (nSPS) is 20.1. The van der Waals surface area contributed by atoms with Gasteiger partial charge < -0.3 is 0 Å². The van der Waals surface area contributed by atoms with Gasteiger partial charge in [-0.25, -0.2) is 9.86 Å². The maximum absolute atomic E-state index is 10.9. The van der Waals surface area contributed by atoms with Gasteiger partial charge >= 0.3 is 0 Å². The zero-order chi connectivity index (χ0) is 15.3. The van der Waals surface area contributed by atoms with Crippen molar-refractivity contribution < 1.29 is 8.42 Å².